The zero-order valence-corrected chi connectivity index (χ0v) is 9.43. The lowest BCUT2D eigenvalue weighted by molar-refractivity contribution is -0.00640. The molecule has 0 radical (unpaired) electrons. The van der Waals surface area contributed by atoms with Gasteiger partial charge in [0, 0.05) is 6.92 Å². The highest BCUT2D eigenvalue weighted by molar-refractivity contribution is 5.90. The maximum atomic E-state index is 12.9. The molecule has 6 nitrogen and oxygen atoms in total. The predicted molar refractivity (Wildman–Crippen MR) is 55.9 cm³/mol. The molecular formula is C10H10F2N4O2. The average Bonchev–Trinajstić information content (AvgIpc) is 2.85. The maximum Gasteiger partial charge on any atom is 0.301 e. The Labute approximate surface area is 100 Å². The summed E-state index contributed by atoms with van der Waals surface area (Å²) in [5.41, 5.74) is 5.01. The SMILES string of the molecule is CC(F)(F)c1ccc(Cn2ncc(C(N)=O)n2)o1. The molecule has 2 rings (SSSR count). The molecule has 8 heteroatoms. The Morgan fingerprint density at radius 2 is 2.28 bits per heavy atom. The highest BCUT2D eigenvalue weighted by Gasteiger charge is 2.28. The van der Waals surface area contributed by atoms with Crippen molar-refractivity contribution in [1.82, 2.24) is 15.0 Å². The molecule has 96 valence electrons. The molecule has 2 aromatic heterocycles. The fourth-order valence-electron chi connectivity index (χ4n) is 1.32. The van der Waals surface area contributed by atoms with E-state index in [1.54, 1.807) is 0 Å². The summed E-state index contributed by atoms with van der Waals surface area (Å²) in [7, 11) is 0. The molecule has 0 unspecified atom stereocenters. The Kier molecular flexibility index (Phi) is 2.85. The van der Waals surface area contributed by atoms with Crippen LogP contribution in [0.3, 0.4) is 0 Å². The second-order valence-electron chi connectivity index (χ2n) is 3.78. The third kappa shape index (κ3) is 2.53. The van der Waals surface area contributed by atoms with Gasteiger partial charge in [-0.3, -0.25) is 4.79 Å². The van der Waals surface area contributed by atoms with Crippen LogP contribution in [0.25, 0.3) is 0 Å². The van der Waals surface area contributed by atoms with Gasteiger partial charge in [-0.1, -0.05) is 0 Å². The highest BCUT2D eigenvalue weighted by atomic mass is 19.3. The average molecular weight is 256 g/mol. The molecule has 0 spiro atoms. The third-order valence-corrected chi connectivity index (χ3v) is 2.18. The molecule has 0 atom stereocenters. The molecule has 0 aliphatic heterocycles. The minimum atomic E-state index is -3.03. The van der Waals surface area contributed by atoms with E-state index in [9.17, 15) is 13.6 Å². The number of carbonyl (C=O) groups is 1. The van der Waals surface area contributed by atoms with Crippen LogP contribution in [-0.2, 0) is 12.5 Å². The largest absolute Gasteiger partial charge is 0.458 e. The minimum absolute atomic E-state index is 0.00241. The van der Waals surface area contributed by atoms with Gasteiger partial charge < -0.3 is 10.2 Å². The number of primary amides is 1. The molecule has 0 aliphatic carbocycles. The summed E-state index contributed by atoms with van der Waals surface area (Å²) in [6.45, 7) is 0.788. The number of alkyl halides is 2. The second kappa shape index (κ2) is 4.21. The number of furan rings is 1. The Balaban J connectivity index is 2.14. The van der Waals surface area contributed by atoms with Gasteiger partial charge in [-0.05, 0) is 12.1 Å². The lowest BCUT2D eigenvalue weighted by atomic mass is 10.3. The van der Waals surface area contributed by atoms with Crippen LogP contribution in [0, 0.1) is 0 Å². The van der Waals surface area contributed by atoms with Crippen molar-refractivity contribution in [2.75, 3.05) is 0 Å². The van der Waals surface area contributed by atoms with Crippen molar-refractivity contribution in [3.05, 3.63) is 35.5 Å². The summed E-state index contributed by atoms with van der Waals surface area (Å²) in [6.07, 6.45) is 1.20. The first-order valence-corrected chi connectivity index (χ1v) is 5.03. The normalized spacial score (nSPS) is 11.7. The second-order valence-corrected chi connectivity index (χ2v) is 3.78. The van der Waals surface area contributed by atoms with Gasteiger partial charge in [-0.2, -0.15) is 18.7 Å². The fourth-order valence-corrected chi connectivity index (χ4v) is 1.32. The van der Waals surface area contributed by atoms with Crippen molar-refractivity contribution < 1.29 is 18.0 Å². The number of halogens is 2. The number of nitrogens with zero attached hydrogens (tertiary/aromatic N) is 3. The van der Waals surface area contributed by atoms with Crippen LogP contribution in [0.1, 0.15) is 28.9 Å². The molecule has 0 aliphatic rings. The standard InChI is InChI=1S/C10H10F2N4O2/c1-10(11,12)8-3-2-6(18-8)5-16-14-4-7(15-16)9(13)17/h2-4H,5H2,1H3,(H2,13,17). The molecule has 0 saturated heterocycles. The first kappa shape index (κ1) is 12.2. The first-order chi connectivity index (χ1) is 8.36. The number of carbonyl (C=O) groups excluding carboxylic acids is 1. The third-order valence-electron chi connectivity index (χ3n) is 2.18. The van der Waals surface area contributed by atoms with Gasteiger partial charge in [0.2, 0.25) is 0 Å². The number of amides is 1. The van der Waals surface area contributed by atoms with Gasteiger partial charge in [-0.25, -0.2) is 0 Å². The van der Waals surface area contributed by atoms with E-state index < -0.39 is 17.6 Å². The Bertz CT molecular complexity index is 570. The van der Waals surface area contributed by atoms with E-state index in [-0.39, 0.29) is 18.0 Å². The van der Waals surface area contributed by atoms with Crippen LogP contribution in [0.15, 0.2) is 22.7 Å². The Morgan fingerprint density at radius 1 is 1.56 bits per heavy atom. The van der Waals surface area contributed by atoms with Crippen molar-refractivity contribution in [3.63, 3.8) is 0 Å². The van der Waals surface area contributed by atoms with E-state index in [0.29, 0.717) is 0 Å². The van der Waals surface area contributed by atoms with E-state index in [4.69, 9.17) is 10.2 Å². The van der Waals surface area contributed by atoms with Gasteiger partial charge in [0.15, 0.2) is 11.5 Å². The molecule has 0 aromatic carbocycles. The van der Waals surface area contributed by atoms with E-state index in [1.807, 2.05) is 0 Å². The van der Waals surface area contributed by atoms with Crippen molar-refractivity contribution >= 4 is 5.91 Å². The van der Waals surface area contributed by atoms with Crippen molar-refractivity contribution in [3.8, 4) is 0 Å². The van der Waals surface area contributed by atoms with E-state index in [1.165, 1.54) is 18.3 Å². The molecule has 1 amide bonds. The lowest BCUT2D eigenvalue weighted by Crippen LogP contribution is -2.12. The molecule has 0 saturated carbocycles. The zero-order chi connectivity index (χ0) is 13.3. The number of nitrogens with two attached hydrogens (primary N) is 1. The maximum absolute atomic E-state index is 12.9. The summed E-state index contributed by atoms with van der Waals surface area (Å²) in [5.74, 6) is -3.91. The molecule has 2 heterocycles. The van der Waals surface area contributed by atoms with E-state index in [2.05, 4.69) is 10.2 Å². The van der Waals surface area contributed by atoms with Gasteiger partial charge in [0.05, 0.1) is 6.20 Å². The van der Waals surface area contributed by atoms with Gasteiger partial charge in [0.25, 0.3) is 5.91 Å². The van der Waals surface area contributed by atoms with E-state index >= 15 is 0 Å². The number of aromatic nitrogens is 3. The summed E-state index contributed by atoms with van der Waals surface area (Å²) >= 11 is 0. The summed E-state index contributed by atoms with van der Waals surface area (Å²) in [6, 6.07) is 2.59. The van der Waals surface area contributed by atoms with Gasteiger partial charge in [0.1, 0.15) is 12.3 Å². The molecule has 0 bridgehead atoms. The zero-order valence-electron chi connectivity index (χ0n) is 9.43. The van der Waals surface area contributed by atoms with Crippen LogP contribution in [0.4, 0.5) is 8.78 Å². The quantitative estimate of drug-likeness (QED) is 0.888. The number of hydrogen-bond donors (Lipinski definition) is 1. The van der Waals surface area contributed by atoms with Crippen molar-refractivity contribution in [2.45, 2.75) is 19.4 Å². The minimum Gasteiger partial charge on any atom is -0.458 e. The summed E-state index contributed by atoms with van der Waals surface area (Å²) in [4.78, 5) is 11.9. The Hall–Kier alpha value is -2.25. The fraction of sp³-hybridized carbons (Fsp3) is 0.300. The van der Waals surface area contributed by atoms with Crippen molar-refractivity contribution in [2.24, 2.45) is 5.73 Å². The highest BCUT2D eigenvalue weighted by Crippen LogP contribution is 2.28. The van der Waals surface area contributed by atoms with Crippen LogP contribution in [-0.4, -0.2) is 20.9 Å². The molecular weight excluding hydrogens is 246 g/mol. The Morgan fingerprint density at radius 3 is 2.78 bits per heavy atom. The molecule has 2 aromatic rings. The molecule has 0 fully saturated rings. The van der Waals surface area contributed by atoms with Gasteiger partial charge >= 0.3 is 5.92 Å². The summed E-state index contributed by atoms with van der Waals surface area (Å²) in [5, 5.41) is 7.52. The number of hydrogen-bond acceptors (Lipinski definition) is 4. The number of rotatable bonds is 4. The summed E-state index contributed by atoms with van der Waals surface area (Å²) < 4.78 is 30.8. The van der Waals surface area contributed by atoms with Crippen LogP contribution in [0.5, 0.6) is 0 Å². The van der Waals surface area contributed by atoms with Crippen LogP contribution < -0.4 is 5.73 Å². The van der Waals surface area contributed by atoms with E-state index in [0.717, 1.165) is 11.7 Å². The van der Waals surface area contributed by atoms with Crippen molar-refractivity contribution in [1.29, 1.82) is 0 Å². The molecule has 18 heavy (non-hydrogen) atoms. The van der Waals surface area contributed by atoms with Gasteiger partial charge in [-0.15, -0.1) is 5.10 Å². The first-order valence-electron chi connectivity index (χ1n) is 5.03. The van der Waals surface area contributed by atoms with Crippen LogP contribution >= 0.6 is 0 Å². The monoisotopic (exact) mass is 256 g/mol. The lowest BCUT2D eigenvalue weighted by Gasteiger charge is -2.05. The topological polar surface area (TPSA) is 86.9 Å². The molecule has 2 N–H and O–H groups in total. The smallest absolute Gasteiger partial charge is 0.301 e. The van der Waals surface area contributed by atoms with Crippen LogP contribution in [0.2, 0.25) is 0 Å². The predicted octanol–water partition coefficient (Wildman–Crippen LogP) is 1.13.